The van der Waals surface area contributed by atoms with E-state index in [1.807, 2.05) is 97.1 Å². The average molecular weight is 819 g/mol. The van der Waals surface area contributed by atoms with Crippen LogP contribution in [0.4, 0.5) is 0 Å². The summed E-state index contributed by atoms with van der Waals surface area (Å²) in [6.45, 7) is 23.7. The highest BCUT2D eigenvalue weighted by Crippen LogP contribution is 2.26. The smallest absolute Gasteiger partial charge is 0.0190 e. The van der Waals surface area contributed by atoms with Crippen LogP contribution in [0.3, 0.4) is 0 Å². The van der Waals surface area contributed by atoms with Gasteiger partial charge in [0.05, 0.1) is 0 Å². The molecule has 1 aliphatic rings. The van der Waals surface area contributed by atoms with E-state index in [9.17, 15) is 0 Å². The Bertz CT molecular complexity index is 2070. The number of hydrogen-bond donors (Lipinski definition) is 0. The summed E-state index contributed by atoms with van der Waals surface area (Å²) in [6, 6.07) is 66.5. The van der Waals surface area contributed by atoms with Crippen molar-refractivity contribution in [3.05, 3.63) is 269 Å². The van der Waals surface area contributed by atoms with E-state index in [1.54, 1.807) is 0 Å². The molecule has 0 aromatic heterocycles. The topological polar surface area (TPSA) is 0 Å². The molecule has 0 heterocycles. The van der Waals surface area contributed by atoms with Crippen LogP contribution >= 0.6 is 0 Å². The molecule has 0 N–H and O–H groups in total. The fraction of sp³-hybridized carbons (Fsp3) is 0.226. The SMILES string of the molecule is C=Cc1ccccc1.C=Cc1ccccc1C=C.CCc1ccccc1.Cc1ccc(C)cc1.Cc1ccccc1.Cc1ccccc1C.c1ccc(CC2CCCCC2)cc1. The van der Waals surface area contributed by atoms with E-state index in [0.717, 1.165) is 23.5 Å². The summed E-state index contributed by atoms with van der Waals surface area (Å²) in [4.78, 5) is 0. The third-order valence-corrected chi connectivity index (χ3v) is 10.4. The fourth-order valence-corrected chi connectivity index (χ4v) is 6.36. The Labute approximate surface area is 378 Å². The number of benzene rings is 7. The fourth-order valence-electron chi connectivity index (χ4n) is 6.36. The second-order valence-electron chi connectivity index (χ2n) is 15.6. The zero-order chi connectivity index (χ0) is 45.0. The van der Waals surface area contributed by atoms with Gasteiger partial charge in [-0.25, -0.2) is 0 Å². The molecule has 7 aromatic rings. The Morgan fingerprint density at radius 3 is 1.06 bits per heavy atom. The monoisotopic (exact) mass is 819 g/mol. The molecule has 0 aliphatic heterocycles. The molecule has 0 saturated heterocycles. The molecule has 7 aromatic carbocycles. The van der Waals surface area contributed by atoms with Gasteiger partial charge in [0.2, 0.25) is 0 Å². The summed E-state index contributed by atoms with van der Waals surface area (Å²) in [7, 11) is 0. The Morgan fingerprint density at radius 2 is 0.742 bits per heavy atom. The summed E-state index contributed by atoms with van der Waals surface area (Å²) < 4.78 is 0. The van der Waals surface area contributed by atoms with E-state index in [1.165, 1.54) is 83.0 Å². The molecule has 1 aliphatic carbocycles. The molecule has 0 unspecified atom stereocenters. The molecule has 1 fully saturated rings. The van der Waals surface area contributed by atoms with Crippen LogP contribution in [0.15, 0.2) is 214 Å². The highest BCUT2D eigenvalue weighted by atomic mass is 14.2. The number of aryl methyl sites for hydroxylation is 6. The molecule has 0 atom stereocenters. The van der Waals surface area contributed by atoms with Crippen molar-refractivity contribution in [2.24, 2.45) is 5.92 Å². The first kappa shape index (κ1) is 51.9. The lowest BCUT2D eigenvalue weighted by Gasteiger charge is -2.21. The second-order valence-corrected chi connectivity index (χ2v) is 15.6. The summed E-state index contributed by atoms with van der Waals surface area (Å²) in [5.74, 6) is 0.969. The largest absolute Gasteiger partial charge is 0.0985 e. The van der Waals surface area contributed by atoms with E-state index in [4.69, 9.17) is 0 Å². The molecule has 62 heavy (non-hydrogen) atoms. The summed E-state index contributed by atoms with van der Waals surface area (Å²) >= 11 is 0. The van der Waals surface area contributed by atoms with Crippen molar-refractivity contribution in [3.8, 4) is 0 Å². The van der Waals surface area contributed by atoms with E-state index >= 15 is 0 Å². The van der Waals surface area contributed by atoms with E-state index < -0.39 is 0 Å². The third kappa shape index (κ3) is 24.7. The van der Waals surface area contributed by atoms with Crippen LogP contribution in [-0.2, 0) is 12.8 Å². The molecule has 8 rings (SSSR count). The molecule has 0 spiro atoms. The van der Waals surface area contributed by atoms with Crippen LogP contribution in [0.1, 0.15) is 94.7 Å². The maximum absolute atomic E-state index is 3.69. The molecular weight excluding hydrogens is 745 g/mol. The predicted molar refractivity (Wildman–Crippen MR) is 279 cm³/mol. The zero-order valence-corrected chi connectivity index (χ0v) is 38.9. The Balaban J connectivity index is 0.000000252. The summed E-state index contributed by atoms with van der Waals surface area (Å²) in [5, 5.41) is 0. The summed E-state index contributed by atoms with van der Waals surface area (Å²) in [5.41, 5.74) is 13.1. The molecule has 0 nitrogen and oxygen atoms in total. The van der Waals surface area contributed by atoms with Gasteiger partial charge in [0.25, 0.3) is 0 Å². The standard InChI is InChI=1S/C13H18.C10H10.3C8H10.C8H8.C7H8/c1-3-7-12(8-4-1)11-13-9-5-2-6-10-13;1-3-9-7-5-6-8-10(9)4-2;1-7-3-5-8(2)6-4-7;1-7-5-3-4-6-8(7)2;2*1-2-8-6-4-3-5-7-8;1-7-5-3-2-4-6-7/h1,3-4,7-8,13H,2,5-6,9-11H2;3-8H,1-2H2;2*3-6H,1-2H3;3-7H,2H2,1H3;2-7H,1H2;2-6H,1H3. The quantitative estimate of drug-likeness (QED) is 0.157. The van der Waals surface area contributed by atoms with Crippen LogP contribution in [0.5, 0.6) is 0 Å². The lowest BCUT2D eigenvalue weighted by atomic mass is 9.85. The first-order valence-corrected chi connectivity index (χ1v) is 22.3. The average Bonchev–Trinajstić information content (AvgIpc) is 3.33. The molecule has 1 saturated carbocycles. The number of hydrogen-bond acceptors (Lipinski definition) is 0. The van der Waals surface area contributed by atoms with Gasteiger partial charge >= 0.3 is 0 Å². The lowest BCUT2D eigenvalue weighted by molar-refractivity contribution is 0.356. The molecular formula is C62H74. The minimum absolute atomic E-state index is 0.969. The van der Waals surface area contributed by atoms with Gasteiger partial charge < -0.3 is 0 Å². The second kappa shape index (κ2) is 33.5. The summed E-state index contributed by atoms with van der Waals surface area (Å²) in [6.07, 6.45) is 15.2. The van der Waals surface area contributed by atoms with Gasteiger partial charge in [0.15, 0.2) is 0 Å². The Hall–Kier alpha value is -6.24. The van der Waals surface area contributed by atoms with Crippen molar-refractivity contribution < 1.29 is 0 Å². The van der Waals surface area contributed by atoms with Crippen LogP contribution in [0, 0.1) is 40.5 Å². The van der Waals surface area contributed by atoms with Gasteiger partial charge in [-0.3, -0.25) is 0 Å². The predicted octanol–water partition coefficient (Wildman–Crippen LogP) is 18.0. The van der Waals surface area contributed by atoms with E-state index in [2.05, 4.69) is 177 Å². The normalized spacial score (nSPS) is 11.0. The molecule has 322 valence electrons. The van der Waals surface area contributed by atoms with E-state index in [0.29, 0.717) is 0 Å². The zero-order valence-electron chi connectivity index (χ0n) is 38.9. The first-order chi connectivity index (χ1) is 30.2. The van der Waals surface area contributed by atoms with Crippen molar-refractivity contribution in [2.45, 2.75) is 86.5 Å². The molecule has 0 radical (unpaired) electrons. The maximum Gasteiger partial charge on any atom is -0.0190 e. The Kier molecular flexibility index (Phi) is 28.0. The van der Waals surface area contributed by atoms with Gasteiger partial charge in [-0.1, -0.05) is 288 Å². The third-order valence-electron chi connectivity index (χ3n) is 10.4. The first-order valence-electron chi connectivity index (χ1n) is 22.3. The van der Waals surface area contributed by atoms with Crippen LogP contribution < -0.4 is 0 Å². The maximum atomic E-state index is 3.69. The van der Waals surface area contributed by atoms with Crippen LogP contribution in [-0.4, -0.2) is 0 Å². The van der Waals surface area contributed by atoms with Gasteiger partial charge in [0.1, 0.15) is 0 Å². The van der Waals surface area contributed by atoms with E-state index in [-0.39, 0.29) is 0 Å². The minimum Gasteiger partial charge on any atom is -0.0985 e. The molecule has 0 bridgehead atoms. The van der Waals surface area contributed by atoms with Gasteiger partial charge in [0, 0.05) is 0 Å². The van der Waals surface area contributed by atoms with Crippen molar-refractivity contribution in [2.75, 3.05) is 0 Å². The Morgan fingerprint density at radius 1 is 0.387 bits per heavy atom. The van der Waals surface area contributed by atoms with Gasteiger partial charge in [-0.15, -0.1) is 0 Å². The van der Waals surface area contributed by atoms with Crippen LogP contribution in [0.2, 0.25) is 0 Å². The van der Waals surface area contributed by atoms with Crippen LogP contribution in [0.25, 0.3) is 18.2 Å². The van der Waals surface area contributed by atoms with Crippen molar-refractivity contribution >= 4 is 18.2 Å². The van der Waals surface area contributed by atoms with Gasteiger partial charge in [-0.05, 0) is 92.3 Å². The highest BCUT2D eigenvalue weighted by molar-refractivity contribution is 5.63. The lowest BCUT2D eigenvalue weighted by Crippen LogP contribution is -2.08. The van der Waals surface area contributed by atoms with Crippen molar-refractivity contribution in [3.63, 3.8) is 0 Å². The van der Waals surface area contributed by atoms with Crippen molar-refractivity contribution in [1.29, 1.82) is 0 Å². The van der Waals surface area contributed by atoms with Crippen molar-refractivity contribution in [1.82, 2.24) is 0 Å². The molecule has 0 amide bonds. The minimum atomic E-state index is 0.969. The van der Waals surface area contributed by atoms with Gasteiger partial charge in [-0.2, -0.15) is 0 Å². The molecule has 0 heteroatoms. The number of rotatable bonds is 6. The highest BCUT2D eigenvalue weighted by Gasteiger charge is 2.13.